The maximum absolute atomic E-state index is 13.3. The van der Waals surface area contributed by atoms with E-state index < -0.39 is 11.6 Å². The highest BCUT2D eigenvalue weighted by Gasteiger charge is 2.19. The second-order valence-electron chi connectivity index (χ2n) is 6.15. The molecule has 0 spiro atoms. The number of rotatable bonds is 4. The van der Waals surface area contributed by atoms with Gasteiger partial charge in [-0.3, -0.25) is 4.90 Å². The van der Waals surface area contributed by atoms with Gasteiger partial charge in [0.15, 0.2) is 0 Å². The lowest BCUT2D eigenvalue weighted by Crippen LogP contribution is -2.46. The van der Waals surface area contributed by atoms with Gasteiger partial charge in [-0.2, -0.15) is 4.98 Å². The summed E-state index contributed by atoms with van der Waals surface area (Å²) in [7, 11) is 3.89. The summed E-state index contributed by atoms with van der Waals surface area (Å²) in [5.41, 5.74) is 0.659. The van der Waals surface area contributed by atoms with Crippen molar-refractivity contribution in [3.05, 3.63) is 47.7 Å². The van der Waals surface area contributed by atoms with Gasteiger partial charge in [-0.15, -0.1) is 0 Å². The molecule has 2 aromatic rings. The fourth-order valence-electron chi connectivity index (χ4n) is 2.81. The molecule has 1 saturated heterocycles. The van der Waals surface area contributed by atoms with Gasteiger partial charge >= 0.3 is 0 Å². The molecule has 0 aliphatic carbocycles. The van der Waals surface area contributed by atoms with Crippen molar-refractivity contribution in [2.75, 3.05) is 50.1 Å². The fourth-order valence-corrected chi connectivity index (χ4v) is 2.81. The molecule has 1 fully saturated rings. The first kappa shape index (κ1) is 16.6. The first-order valence-corrected chi connectivity index (χ1v) is 7.94. The summed E-state index contributed by atoms with van der Waals surface area (Å²) in [5.74, 6) is 0.533. The molecule has 0 radical (unpaired) electrons. The van der Waals surface area contributed by atoms with E-state index in [1.165, 1.54) is 12.1 Å². The Hall–Kier alpha value is -2.28. The second-order valence-corrected chi connectivity index (χ2v) is 6.15. The minimum Gasteiger partial charge on any atom is -0.363 e. The van der Waals surface area contributed by atoms with Crippen LogP contribution in [0.1, 0.15) is 5.56 Å². The molecule has 0 N–H and O–H groups in total. The largest absolute Gasteiger partial charge is 0.363 e. The van der Waals surface area contributed by atoms with Gasteiger partial charge in [0.2, 0.25) is 5.95 Å². The fraction of sp³-hybridized carbons (Fsp3) is 0.412. The van der Waals surface area contributed by atoms with Crippen molar-refractivity contribution >= 4 is 11.8 Å². The summed E-state index contributed by atoms with van der Waals surface area (Å²) in [4.78, 5) is 15.2. The van der Waals surface area contributed by atoms with Crippen molar-refractivity contribution < 1.29 is 8.78 Å². The van der Waals surface area contributed by atoms with E-state index in [0.29, 0.717) is 12.1 Å². The van der Waals surface area contributed by atoms with Gasteiger partial charge in [0.1, 0.15) is 17.5 Å². The number of hydrogen-bond acceptors (Lipinski definition) is 5. The summed E-state index contributed by atoms with van der Waals surface area (Å²) in [6.45, 7) is 3.71. The van der Waals surface area contributed by atoms with E-state index in [9.17, 15) is 8.78 Å². The highest BCUT2D eigenvalue weighted by molar-refractivity contribution is 5.42. The zero-order valence-corrected chi connectivity index (χ0v) is 13.9. The third kappa shape index (κ3) is 3.97. The Morgan fingerprint density at radius 3 is 2.33 bits per heavy atom. The molecule has 3 rings (SSSR count). The van der Waals surface area contributed by atoms with Crippen LogP contribution in [0.2, 0.25) is 0 Å². The first-order valence-electron chi connectivity index (χ1n) is 7.94. The van der Waals surface area contributed by atoms with Gasteiger partial charge in [-0.1, -0.05) is 0 Å². The Morgan fingerprint density at radius 1 is 1.04 bits per heavy atom. The van der Waals surface area contributed by atoms with E-state index in [2.05, 4.69) is 19.8 Å². The van der Waals surface area contributed by atoms with Crippen LogP contribution in [0.5, 0.6) is 0 Å². The Bertz CT molecular complexity index is 679. The lowest BCUT2D eigenvalue weighted by Gasteiger charge is -2.35. The maximum atomic E-state index is 13.3. The SMILES string of the molecule is CN(C)c1ccnc(N2CCN(Cc3cc(F)cc(F)c3)CC2)n1. The highest BCUT2D eigenvalue weighted by Crippen LogP contribution is 2.17. The summed E-state index contributed by atoms with van der Waals surface area (Å²) in [5, 5.41) is 0. The second kappa shape index (κ2) is 7.09. The molecule has 0 atom stereocenters. The Morgan fingerprint density at radius 2 is 1.71 bits per heavy atom. The van der Waals surface area contributed by atoms with Gasteiger partial charge in [0.25, 0.3) is 0 Å². The molecule has 0 unspecified atom stereocenters. The molecule has 1 aliphatic rings. The molecule has 1 aliphatic heterocycles. The Balaban J connectivity index is 1.60. The summed E-state index contributed by atoms with van der Waals surface area (Å²) in [6.07, 6.45) is 1.76. The third-order valence-electron chi connectivity index (χ3n) is 4.07. The molecule has 0 bridgehead atoms. The molecule has 0 saturated carbocycles. The third-order valence-corrected chi connectivity index (χ3v) is 4.07. The molecule has 1 aromatic heterocycles. The van der Waals surface area contributed by atoms with Crippen LogP contribution in [0.15, 0.2) is 30.5 Å². The van der Waals surface area contributed by atoms with Crippen LogP contribution in [0.3, 0.4) is 0 Å². The molecule has 2 heterocycles. The average Bonchev–Trinajstić information content (AvgIpc) is 2.54. The molecule has 1 aromatic carbocycles. The van der Waals surface area contributed by atoms with E-state index in [-0.39, 0.29) is 0 Å². The number of nitrogens with zero attached hydrogens (tertiary/aromatic N) is 5. The van der Waals surface area contributed by atoms with Crippen molar-refractivity contribution in [2.45, 2.75) is 6.54 Å². The van der Waals surface area contributed by atoms with Crippen LogP contribution in [-0.2, 0) is 6.54 Å². The van der Waals surface area contributed by atoms with Crippen molar-refractivity contribution in [2.24, 2.45) is 0 Å². The van der Waals surface area contributed by atoms with Crippen LogP contribution in [0, 0.1) is 11.6 Å². The van der Waals surface area contributed by atoms with E-state index >= 15 is 0 Å². The van der Waals surface area contributed by atoms with Crippen LogP contribution >= 0.6 is 0 Å². The van der Waals surface area contributed by atoms with Crippen LogP contribution < -0.4 is 9.80 Å². The Labute approximate surface area is 140 Å². The minimum atomic E-state index is -0.530. The van der Waals surface area contributed by atoms with Gasteiger partial charge < -0.3 is 9.80 Å². The van der Waals surface area contributed by atoms with Gasteiger partial charge in [-0.05, 0) is 23.8 Å². The maximum Gasteiger partial charge on any atom is 0.227 e. The van der Waals surface area contributed by atoms with E-state index in [4.69, 9.17) is 0 Å². The smallest absolute Gasteiger partial charge is 0.227 e. The standard InChI is InChI=1S/C17H21F2N5/c1-22(2)16-3-4-20-17(21-16)24-7-5-23(6-8-24)12-13-9-14(18)11-15(19)10-13/h3-4,9-11H,5-8,12H2,1-2H3. The van der Waals surface area contributed by atoms with E-state index in [1.54, 1.807) is 6.20 Å². The topological polar surface area (TPSA) is 35.5 Å². The average molecular weight is 333 g/mol. The first-order chi connectivity index (χ1) is 11.5. The molecular weight excluding hydrogens is 312 g/mol. The Kier molecular flexibility index (Phi) is 4.89. The van der Waals surface area contributed by atoms with Gasteiger partial charge in [0.05, 0.1) is 0 Å². The zero-order valence-electron chi connectivity index (χ0n) is 13.9. The summed E-state index contributed by atoms with van der Waals surface area (Å²) >= 11 is 0. The number of benzene rings is 1. The summed E-state index contributed by atoms with van der Waals surface area (Å²) < 4.78 is 26.6. The van der Waals surface area contributed by atoms with E-state index in [0.717, 1.165) is 44.0 Å². The number of anilines is 2. The predicted molar refractivity (Wildman–Crippen MR) is 90.2 cm³/mol. The van der Waals surface area contributed by atoms with Crippen LogP contribution in [0.4, 0.5) is 20.5 Å². The predicted octanol–water partition coefficient (Wildman–Crippen LogP) is 2.14. The van der Waals surface area contributed by atoms with Gasteiger partial charge in [0, 0.05) is 59.1 Å². The lowest BCUT2D eigenvalue weighted by molar-refractivity contribution is 0.248. The van der Waals surface area contributed by atoms with Crippen LogP contribution in [0.25, 0.3) is 0 Å². The molecule has 128 valence electrons. The van der Waals surface area contributed by atoms with Crippen molar-refractivity contribution in [1.29, 1.82) is 0 Å². The number of piperazine rings is 1. The van der Waals surface area contributed by atoms with Crippen molar-refractivity contribution in [3.63, 3.8) is 0 Å². The quantitative estimate of drug-likeness (QED) is 0.857. The monoisotopic (exact) mass is 333 g/mol. The van der Waals surface area contributed by atoms with Crippen molar-refractivity contribution in [1.82, 2.24) is 14.9 Å². The number of hydrogen-bond donors (Lipinski definition) is 0. The molecular formula is C17H21F2N5. The molecule has 0 amide bonds. The van der Waals surface area contributed by atoms with Crippen molar-refractivity contribution in [3.8, 4) is 0 Å². The highest BCUT2D eigenvalue weighted by atomic mass is 19.1. The molecule has 7 heteroatoms. The zero-order chi connectivity index (χ0) is 17.1. The normalized spacial score (nSPS) is 15.6. The lowest BCUT2D eigenvalue weighted by atomic mass is 10.2. The number of aromatic nitrogens is 2. The van der Waals surface area contributed by atoms with E-state index in [1.807, 2.05) is 25.1 Å². The van der Waals surface area contributed by atoms with Gasteiger partial charge in [-0.25, -0.2) is 13.8 Å². The molecule has 5 nitrogen and oxygen atoms in total. The van der Waals surface area contributed by atoms with Crippen LogP contribution in [-0.4, -0.2) is 55.1 Å². The number of halogens is 2. The molecule has 24 heavy (non-hydrogen) atoms. The summed E-state index contributed by atoms with van der Waals surface area (Å²) in [6, 6.07) is 5.55. The minimum absolute atomic E-state index is 0.530.